The minimum Gasteiger partial charge on any atom is -0.493 e. The second-order valence-electron chi connectivity index (χ2n) is 7.89. The normalized spacial score (nSPS) is 11.4. The third-order valence-corrected chi connectivity index (χ3v) is 5.49. The summed E-state index contributed by atoms with van der Waals surface area (Å²) in [6.07, 6.45) is 1.80. The SMILES string of the molecule is COc1cc(/C=C(\C#N)c2nc3cc(C)c(C)cc3[nH]2)ccc1OCc1ccc(C)cc1. The van der Waals surface area contributed by atoms with E-state index >= 15 is 0 Å². The summed E-state index contributed by atoms with van der Waals surface area (Å²) in [4.78, 5) is 7.87. The maximum absolute atomic E-state index is 9.75. The summed E-state index contributed by atoms with van der Waals surface area (Å²) < 4.78 is 11.5. The number of rotatable bonds is 6. The van der Waals surface area contributed by atoms with Gasteiger partial charge in [-0.2, -0.15) is 5.26 Å². The lowest BCUT2D eigenvalue weighted by molar-refractivity contribution is 0.284. The van der Waals surface area contributed by atoms with Crippen LogP contribution in [0.1, 0.15) is 33.6 Å². The number of nitrogens with zero attached hydrogens (tertiary/aromatic N) is 2. The predicted molar refractivity (Wildman–Crippen MR) is 128 cm³/mol. The molecule has 32 heavy (non-hydrogen) atoms. The molecule has 0 aliphatic rings. The highest BCUT2D eigenvalue weighted by molar-refractivity contribution is 5.90. The van der Waals surface area contributed by atoms with Gasteiger partial charge in [0.05, 0.1) is 23.7 Å². The number of fused-ring (bicyclic) bond motifs is 1. The molecule has 3 aromatic carbocycles. The minimum atomic E-state index is 0.451. The summed E-state index contributed by atoms with van der Waals surface area (Å²) in [5, 5.41) is 9.75. The molecule has 1 N–H and O–H groups in total. The third-order valence-electron chi connectivity index (χ3n) is 5.49. The monoisotopic (exact) mass is 423 g/mol. The highest BCUT2D eigenvalue weighted by Crippen LogP contribution is 2.30. The molecule has 0 spiro atoms. The van der Waals surface area contributed by atoms with Gasteiger partial charge in [-0.15, -0.1) is 0 Å². The molecule has 1 aromatic heterocycles. The zero-order chi connectivity index (χ0) is 22.7. The largest absolute Gasteiger partial charge is 0.493 e. The molecule has 160 valence electrons. The van der Waals surface area contributed by atoms with Crippen molar-refractivity contribution >= 4 is 22.7 Å². The lowest BCUT2D eigenvalue weighted by atomic mass is 10.1. The molecule has 0 radical (unpaired) electrons. The Kier molecular flexibility index (Phi) is 5.96. The molecule has 0 aliphatic carbocycles. The fourth-order valence-electron chi connectivity index (χ4n) is 3.46. The Morgan fingerprint density at radius 1 is 1.00 bits per heavy atom. The van der Waals surface area contributed by atoms with Crippen LogP contribution in [-0.4, -0.2) is 17.1 Å². The molecule has 0 fully saturated rings. The number of aromatic nitrogens is 2. The van der Waals surface area contributed by atoms with E-state index in [1.54, 1.807) is 13.2 Å². The number of nitrogens with one attached hydrogen (secondary N) is 1. The first-order valence-corrected chi connectivity index (χ1v) is 10.4. The summed E-state index contributed by atoms with van der Waals surface area (Å²) in [7, 11) is 1.61. The van der Waals surface area contributed by atoms with Gasteiger partial charge in [-0.25, -0.2) is 4.98 Å². The number of aromatic amines is 1. The van der Waals surface area contributed by atoms with Crippen molar-refractivity contribution in [3.8, 4) is 17.6 Å². The zero-order valence-corrected chi connectivity index (χ0v) is 18.7. The average Bonchev–Trinajstić information content (AvgIpc) is 3.20. The van der Waals surface area contributed by atoms with Gasteiger partial charge in [0.1, 0.15) is 18.5 Å². The Bertz CT molecular complexity index is 1300. The number of aryl methyl sites for hydroxylation is 3. The van der Waals surface area contributed by atoms with E-state index < -0.39 is 0 Å². The number of nitriles is 1. The summed E-state index contributed by atoms with van der Waals surface area (Å²) in [6.45, 7) is 6.62. The molecule has 0 unspecified atom stereocenters. The minimum absolute atomic E-state index is 0.451. The standard InChI is InChI=1S/C27H25N3O2/c1-17-5-7-20(8-6-17)16-32-25-10-9-21(14-26(25)31-4)13-22(15-28)27-29-23-11-18(2)19(3)12-24(23)30-27/h5-14H,16H2,1-4H3,(H,29,30)/b22-13+. The molecule has 4 aromatic rings. The van der Waals surface area contributed by atoms with Crippen LogP contribution in [0.15, 0.2) is 54.6 Å². The number of benzene rings is 3. The van der Waals surface area contributed by atoms with Gasteiger partial charge >= 0.3 is 0 Å². The number of ether oxygens (including phenoxy) is 2. The van der Waals surface area contributed by atoms with Crippen LogP contribution in [0.2, 0.25) is 0 Å². The van der Waals surface area contributed by atoms with E-state index in [1.165, 1.54) is 16.7 Å². The van der Waals surface area contributed by atoms with Crippen molar-refractivity contribution in [2.45, 2.75) is 27.4 Å². The summed E-state index contributed by atoms with van der Waals surface area (Å²) >= 11 is 0. The molecule has 0 bridgehead atoms. The average molecular weight is 424 g/mol. The first-order chi connectivity index (χ1) is 15.5. The van der Waals surface area contributed by atoms with Gasteiger partial charge in [0.2, 0.25) is 0 Å². The topological polar surface area (TPSA) is 70.9 Å². The Morgan fingerprint density at radius 3 is 2.47 bits per heavy atom. The second-order valence-corrected chi connectivity index (χ2v) is 7.89. The molecule has 5 nitrogen and oxygen atoms in total. The summed E-state index contributed by atoms with van der Waals surface area (Å²) in [6, 6.07) is 20.2. The number of hydrogen-bond donors (Lipinski definition) is 1. The Balaban J connectivity index is 1.59. The van der Waals surface area contributed by atoms with Crippen molar-refractivity contribution in [2.75, 3.05) is 7.11 Å². The van der Waals surface area contributed by atoms with Crippen molar-refractivity contribution in [1.29, 1.82) is 5.26 Å². The molecule has 0 amide bonds. The van der Waals surface area contributed by atoms with Crippen molar-refractivity contribution in [3.63, 3.8) is 0 Å². The summed E-state index contributed by atoms with van der Waals surface area (Å²) in [5.74, 6) is 1.81. The molecule has 5 heteroatoms. The molecule has 0 atom stereocenters. The third kappa shape index (κ3) is 4.50. The summed E-state index contributed by atoms with van der Waals surface area (Å²) in [5.41, 5.74) is 7.70. The maximum Gasteiger partial charge on any atom is 0.161 e. The zero-order valence-electron chi connectivity index (χ0n) is 18.7. The van der Waals surface area contributed by atoms with E-state index in [-0.39, 0.29) is 0 Å². The number of hydrogen-bond acceptors (Lipinski definition) is 4. The Hall–Kier alpha value is -4.04. The van der Waals surface area contributed by atoms with Gasteiger partial charge in [0.15, 0.2) is 11.5 Å². The smallest absolute Gasteiger partial charge is 0.161 e. The molecule has 1 heterocycles. The van der Waals surface area contributed by atoms with Gasteiger partial charge in [0.25, 0.3) is 0 Å². The quantitative estimate of drug-likeness (QED) is 0.378. The lowest BCUT2D eigenvalue weighted by Gasteiger charge is -2.11. The molecule has 0 aliphatic heterocycles. The highest BCUT2D eigenvalue weighted by atomic mass is 16.5. The van der Waals surface area contributed by atoms with E-state index in [0.29, 0.717) is 29.5 Å². The fourth-order valence-corrected chi connectivity index (χ4v) is 3.46. The van der Waals surface area contributed by atoms with Crippen molar-refractivity contribution in [2.24, 2.45) is 0 Å². The molecule has 0 saturated carbocycles. The number of methoxy groups -OCH3 is 1. The highest BCUT2D eigenvalue weighted by Gasteiger charge is 2.11. The van der Waals surface area contributed by atoms with Crippen molar-refractivity contribution in [1.82, 2.24) is 9.97 Å². The van der Waals surface area contributed by atoms with Crippen molar-refractivity contribution < 1.29 is 9.47 Å². The van der Waals surface area contributed by atoms with Crippen LogP contribution in [0.4, 0.5) is 0 Å². The number of imidazole rings is 1. The van der Waals surface area contributed by atoms with E-state index in [4.69, 9.17) is 9.47 Å². The first-order valence-electron chi connectivity index (χ1n) is 10.4. The van der Waals surface area contributed by atoms with Gasteiger partial charge in [-0.3, -0.25) is 0 Å². The molecular formula is C27H25N3O2. The van der Waals surface area contributed by atoms with Crippen LogP contribution >= 0.6 is 0 Å². The van der Waals surface area contributed by atoms with Gasteiger partial charge < -0.3 is 14.5 Å². The Labute approximate surface area is 188 Å². The van der Waals surface area contributed by atoms with E-state index in [0.717, 1.165) is 22.2 Å². The van der Waals surface area contributed by atoms with E-state index in [9.17, 15) is 5.26 Å². The van der Waals surface area contributed by atoms with Crippen LogP contribution < -0.4 is 9.47 Å². The second kappa shape index (κ2) is 8.99. The van der Waals surface area contributed by atoms with E-state index in [2.05, 4.69) is 67.1 Å². The lowest BCUT2D eigenvalue weighted by Crippen LogP contribution is -1.98. The molecule has 4 rings (SSSR count). The van der Waals surface area contributed by atoms with Gasteiger partial charge in [-0.1, -0.05) is 35.9 Å². The molecular weight excluding hydrogens is 398 g/mol. The molecule has 0 saturated heterocycles. The van der Waals surface area contributed by atoms with Crippen LogP contribution in [0.5, 0.6) is 11.5 Å². The van der Waals surface area contributed by atoms with Crippen LogP contribution in [0.25, 0.3) is 22.7 Å². The van der Waals surface area contributed by atoms with Crippen LogP contribution in [-0.2, 0) is 6.61 Å². The van der Waals surface area contributed by atoms with Crippen LogP contribution in [0.3, 0.4) is 0 Å². The number of allylic oxidation sites excluding steroid dienone is 1. The van der Waals surface area contributed by atoms with Crippen molar-refractivity contribution in [3.05, 3.63) is 88.2 Å². The van der Waals surface area contributed by atoms with Gasteiger partial charge in [-0.05, 0) is 73.4 Å². The number of H-pyrrole nitrogens is 1. The fraction of sp³-hybridized carbons (Fsp3) is 0.185. The predicted octanol–water partition coefficient (Wildman–Crippen LogP) is 6.14. The maximum atomic E-state index is 9.75. The van der Waals surface area contributed by atoms with Gasteiger partial charge in [0, 0.05) is 0 Å². The Morgan fingerprint density at radius 2 is 1.75 bits per heavy atom. The first kappa shape index (κ1) is 21.2. The van der Waals surface area contributed by atoms with Crippen LogP contribution in [0, 0.1) is 32.1 Å². The van der Waals surface area contributed by atoms with E-state index in [1.807, 2.05) is 24.3 Å².